The molecule has 0 atom stereocenters. The molecule has 0 unspecified atom stereocenters. The SMILES string of the molecule is Cc1ccc(S(=O)(=O)n2c3ccc(-n4c5ccc(-c6ccccc6)cc5c5cc(-c6ccccc6)ccc54)cc3c3cc(-n4c5ccc(-c6ccccc6)cc5c5cc(-c6ccccc6)ccc54)ccc32)cc1.Cc1ccc(S(=O)(=O)n2c3ccc(Br)cc3c3cc(Br)ccc32)cc1.[Cu].[O]=[Cu].c1ccc(-c2ccc3[nH]c4ccc(-c5ccccc5)cc4c3c2)cc1. The number of hydrogen-bond acceptors (Lipinski definition) is 5. The van der Waals surface area contributed by atoms with E-state index in [0.717, 1.165) is 141 Å². The van der Waals surface area contributed by atoms with E-state index >= 15 is 8.42 Å². The van der Waals surface area contributed by atoms with E-state index in [4.69, 9.17) is 3.83 Å². The zero-order valence-electron chi connectivity index (χ0n) is 67.8. The van der Waals surface area contributed by atoms with Gasteiger partial charge in [0.2, 0.25) is 0 Å². The van der Waals surface area contributed by atoms with Crippen molar-refractivity contribution < 1.29 is 53.7 Å². The number of nitrogens with one attached hydrogen (secondary N) is 1. The summed E-state index contributed by atoms with van der Waals surface area (Å²) in [6.45, 7) is 3.91. The predicted octanol–water partition coefficient (Wildman–Crippen LogP) is 29.6. The van der Waals surface area contributed by atoms with Gasteiger partial charge in [-0.1, -0.05) is 286 Å². The first-order valence-electron chi connectivity index (χ1n) is 40.9. The summed E-state index contributed by atoms with van der Waals surface area (Å²) in [6.07, 6.45) is 0. The van der Waals surface area contributed by atoms with E-state index in [9.17, 15) is 8.42 Å². The fourth-order valence-electron chi connectivity index (χ4n) is 17.7. The van der Waals surface area contributed by atoms with Gasteiger partial charge in [0.1, 0.15) is 0 Å². The number of benzene rings is 18. The first-order chi connectivity index (χ1) is 61.1. The smallest absolute Gasteiger partial charge is 0.0465 e. The van der Waals surface area contributed by atoms with Gasteiger partial charge in [-0.15, -0.1) is 0 Å². The van der Waals surface area contributed by atoms with Crippen LogP contribution in [0.15, 0.2) is 431 Å². The molecule has 0 aliphatic carbocycles. The van der Waals surface area contributed by atoms with Crippen molar-refractivity contribution in [3.63, 3.8) is 0 Å². The fraction of sp³-hybridized carbons (Fsp3) is 0.0182. The maximum Gasteiger partial charge on any atom is 0.0465 e. The Morgan fingerprint density at radius 2 is 0.452 bits per heavy atom. The van der Waals surface area contributed by atoms with E-state index < -0.39 is 20.0 Å². The molecule has 10 nitrogen and oxygen atoms in total. The van der Waals surface area contributed by atoms with Crippen molar-refractivity contribution in [2.75, 3.05) is 0 Å². The number of aromatic amines is 1. The molecule has 0 saturated heterocycles. The van der Waals surface area contributed by atoms with Crippen molar-refractivity contribution in [1.82, 2.24) is 22.1 Å². The van der Waals surface area contributed by atoms with Crippen molar-refractivity contribution in [2.24, 2.45) is 0 Å². The van der Waals surface area contributed by atoms with E-state index in [0.29, 0.717) is 22.1 Å². The molecule has 0 bridgehead atoms. The average molecular weight is 1900 g/mol. The number of hydrogen-bond donors (Lipinski definition) is 1. The van der Waals surface area contributed by atoms with Crippen LogP contribution in [0.3, 0.4) is 0 Å². The minimum absolute atomic E-state index is 0. The molecule has 5 aromatic heterocycles. The Labute approximate surface area is 764 Å². The Bertz CT molecular complexity index is 7780. The largest absolute Gasteiger partial charge is 0.355 e. The Kier molecular flexibility index (Phi) is 22.4. The first-order valence-corrected chi connectivity index (χ1v) is 45.8. The van der Waals surface area contributed by atoms with Crippen molar-refractivity contribution in [3.8, 4) is 78.1 Å². The minimum atomic E-state index is -4.06. The van der Waals surface area contributed by atoms with Crippen molar-refractivity contribution in [2.45, 2.75) is 23.6 Å². The molecular weight excluding hydrogens is 1820 g/mol. The zero-order valence-corrected chi connectivity index (χ0v) is 74.5. The van der Waals surface area contributed by atoms with Gasteiger partial charge in [-0.25, -0.2) is 24.8 Å². The molecule has 1 N–H and O–H groups in total. The number of aromatic nitrogens is 5. The molecule has 0 aliphatic rings. The number of nitrogens with zero attached hydrogens (tertiary/aromatic N) is 4. The van der Waals surface area contributed by atoms with Crippen LogP contribution in [0.25, 0.3) is 187 Å². The molecule has 5 heterocycles. The molecule has 0 amide bonds. The molecule has 0 fully saturated rings. The van der Waals surface area contributed by atoms with Gasteiger partial charge in [0.05, 0.1) is 53.9 Å². The summed E-state index contributed by atoms with van der Waals surface area (Å²) in [5.74, 6) is 0. The standard InChI is InChI=1S/C67H45N3O2S.C24H17N.C19H13Br2NO2S.2Cu.O/c1-44-22-30-55(31-23-44)73(71,72)70-66-36-28-53(68-62-32-24-49(45-14-6-2-7-15-45)38-56(62)57-39-50(25-33-63(57)68)46-16-8-3-9-17-46)42-60(66)61-43-54(29-37-67(61)70)69-64-34-26-51(47-18-10-4-11-19-47)40-58(64)59-41-52(27-35-65(59)69)48-20-12-5-13-21-48;1-3-7-17(8-4-1)19-11-13-23-21(15-19)22-16-20(12-14-24(22)25-23)18-9-5-2-6-10-18;1-12-2-6-15(7-3-12)25(23,24)22-18-8-4-13(20)10-16(18)17-11-14(21)5-9-19(17)22;;;/h2-43H,1H3;1-16,25H;2-11H,1H3;;;. The quantitative estimate of drug-likeness (QED) is 0.122. The van der Waals surface area contributed by atoms with Gasteiger partial charge in [0.25, 0.3) is 20.0 Å². The molecular formula is C110H75Br2Cu2N5O5S2. The first kappa shape index (κ1) is 82.3. The van der Waals surface area contributed by atoms with Gasteiger partial charge in [-0.2, -0.15) is 0 Å². The average Bonchev–Trinajstić information content (AvgIpc) is 1.56. The van der Waals surface area contributed by atoms with E-state index in [-0.39, 0.29) is 26.9 Å². The van der Waals surface area contributed by atoms with E-state index in [1.54, 1.807) is 28.2 Å². The van der Waals surface area contributed by atoms with E-state index in [1.165, 1.54) is 48.0 Å². The molecule has 23 rings (SSSR count). The number of fused-ring (bicyclic) bond motifs is 15. The Morgan fingerprint density at radius 3 is 0.722 bits per heavy atom. The number of halogens is 2. The van der Waals surface area contributed by atoms with Crippen LogP contribution in [-0.2, 0) is 56.9 Å². The van der Waals surface area contributed by atoms with Crippen LogP contribution >= 0.6 is 31.9 Å². The summed E-state index contributed by atoms with van der Waals surface area (Å²) >= 11 is 9.90. The predicted molar refractivity (Wildman–Crippen MR) is 520 cm³/mol. The number of rotatable bonds is 12. The van der Waals surface area contributed by atoms with Crippen LogP contribution in [0.4, 0.5) is 0 Å². The minimum Gasteiger partial charge on any atom is -0.355 e. The van der Waals surface area contributed by atoms with Crippen LogP contribution < -0.4 is 0 Å². The molecule has 16 heteroatoms. The summed E-state index contributed by atoms with van der Waals surface area (Å²) < 4.78 is 74.2. The maximum absolute atomic E-state index is 15.1. The van der Waals surface area contributed by atoms with Crippen LogP contribution in [-0.4, -0.2) is 38.9 Å². The second kappa shape index (κ2) is 34.3. The number of H-pyrrole nitrogens is 1. The molecule has 126 heavy (non-hydrogen) atoms. The monoisotopic (exact) mass is 1890 g/mol. The van der Waals surface area contributed by atoms with Gasteiger partial charge >= 0.3 is 19.8 Å². The molecule has 0 saturated carbocycles. The van der Waals surface area contributed by atoms with Crippen LogP contribution in [0.5, 0.6) is 0 Å². The van der Waals surface area contributed by atoms with Gasteiger partial charge in [-0.05, 0) is 250 Å². The Balaban J connectivity index is 0.000000158. The van der Waals surface area contributed by atoms with E-state index in [2.05, 4.69) is 353 Å². The topological polar surface area (TPSA) is 121 Å². The summed E-state index contributed by atoms with van der Waals surface area (Å²) in [6, 6.07) is 141. The van der Waals surface area contributed by atoms with E-state index in [1.807, 2.05) is 111 Å². The molecule has 18 aromatic carbocycles. The summed E-state index contributed by atoms with van der Waals surface area (Å²) in [5.41, 5.74) is 27.2. The van der Waals surface area contributed by atoms with Gasteiger partial charge in [0.15, 0.2) is 0 Å². The maximum atomic E-state index is 15.1. The van der Waals surface area contributed by atoms with Crippen LogP contribution in [0, 0.1) is 13.8 Å². The summed E-state index contributed by atoms with van der Waals surface area (Å²) in [4.78, 5) is 4.05. The van der Waals surface area contributed by atoms with Gasteiger partial charge in [-0.3, -0.25) is 0 Å². The third-order valence-corrected chi connectivity index (χ3v) is 28.2. The van der Waals surface area contributed by atoms with Crippen LogP contribution in [0.1, 0.15) is 11.1 Å². The third-order valence-electron chi connectivity index (χ3n) is 23.7. The second-order valence-electron chi connectivity index (χ2n) is 31.3. The van der Waals surface area contributed by atoms with Crippen LogP contribution in [0.2, 0.25) is 0 Å². The number of aryl methyl sites for hydroxylation is 2. The van der Waals surface area contributed by atoms with Crippen molar-refractivity contribution in [1.29, 1.82) is 0 Å². The second-order valence-corrected chi connectivity index (χ2v) is 36.7. The summed E-state index contributed by atoms with van der Waals surface area (Å²) in [7, 11) is -7.76. The third kappa shape index (κ3) is 15.1. The zero-order chi connectivity index (χ0) is 85.2. The van der Waals surface area contributed by atoms with Gasteiger partial charge in [0, 0.05) is 102 Å². The molecule has 1 radical (unpaired) electrons. The molecule has 0 spiro atoms. The summed E-state index contributed by atoms with van der Waals surface area (Å²) in [5, 5.41) is 10.5. The normalized spacial score (nSPS) is 11.6. The fourth-order valence-corrected chi connectivity index (χ4v) is 21.5. The molecule has 0 aliphatic heterocycles. The van der Waals surface area contributed by atoms with Crippen molar-refractivity contribution in [3.05, 3.63) is 433 Å². The van der Waals surface area contributed by atoms with Crippen molar-refractivity contribution >= 4 is 161 Å². The molecule has 618 valence electrons. The Morgan fingerprint density at radius 1 is 0.230 bits per heavy atom. The van der Waals surface area contributed by atoms with Gasteiger partial charge < -0.3 is 14.1 Å². The molecule has 23 aromatic rings. The Hall–Kier alpha value is -13.3.